The van der Waals surface area contributed by atoms with E-state index in [0.29, 0.717) is 11.6 Å². The molecule has 0 bridgehead atoms. The lowest BCUT2D eigenvalue weighted by Crippen LogP contribution is -2.00. The molecule has 3 rings (SSSR count). The van der Waals surface area contributed by atoms with Crippen molar-refractivity contribution in [1.29, 1.82) is 0 Å². The highest BCUT2D eigenvalue weighted by molar-refractivity contribution is 6.29. The number of anilines is 1. The Bertz CT molecular complexity index is 1050. The van der Waals surface area contributed by atoms with Gasteiger partial charge < -0.3 is 20.3 Å². The number of nitrogen functional groups attached to an aromatic ring is 1. The monoisotopic (exact) mass is 564 g/mol. The van der Waals surface area contributed by atoms with Crippen LogP contribution >= 0.6 is 11.6 Å². The molecule has 0 fully saturated rings. The molecular formula is C21H24ClF3N6O7. The summed E-state index contributed by atoms with van der Waals surface area (Å²) >= 11 is 5.38. The summed E-state index contributed by atoms with van der Waals surface area (Å²) < 4.78 is 43.3. The number of rotatable bonds is 9. The minimum absolute atomic E-state index is 0.0386. The van der Waals surface area contributed by atoms with Crippen LogP contribution in [0.2, 0.25) is 5.15 Å². The first-order valence-electron chi connectivity index (χ1n) is 10.3. The second-order valence-electron chi connectivity index (χ2n) is 6.13. The summed E-state index contributed by atoms with van der Waals surface area (Å²) in [6, 6.07) is 8.51. The first-order valence-corrected chi connectivity index (χ1v) is 10.7. The largest absolute Gasteiger partial charge is 0.475 e. The Kier molecular flexibility index (Phi) is 18.5. The van der Waals surface area contributed by atoms with Crippen LogP contribution < -0.4 is 15.2 Å². The second-order valence-corrected chi connectivity index (χ2v) is 6.51. The van der Waals surface area contributed by atoms with Gasteiger partial charge >= 0.3 is 0 Å². The average molecular weight is 565 g/mol. The first-order chi connectivity index (χ1) is 18.2. The molecule has 0 atom stereocenters. The lowest BCUT2D eigenvalue weighted by molar-refractivity contribution is -0.385. The maximum Gasteiger partial charge on any atom is 0.287 e. The van der Waals surface area contributed by atoms with Crippen LogP contribution in [0.5, 0.6) is 11.8 Å². The number of nitro groups is 2. The topological polar surface area (TPSA) is 190 Å². The summed E-state index contributed by atoms with van der Waals surface area (Å²) in [6.07, 6.45) is 3.64. The van der Waals surface area contributed by atoms with Crippen LogP contribution in [0.25, 0.3) is 0 Å². The van der Waals surface area contributed by atoms with Gasteiger partial charge in [-0.1, -0.05) is 11.6 Å². The van der Waals surface area contributed by atoms with Crippen LogP contribution in [0, 0.1) is 20.2 Å². The van der Waals surface area contributed by atoms with E-state index in [0.717, 1.165) is 12.4 Å². The van der Waals surface area contributed by atoms with Crippen molar-refractivity contribution in [2.24, 2.45) is 0 Å². The molecule has 0 aliphatic carbocycles. The molecule has 38 heavy (non-hydrogen) atoms. The zero-order valence-electron chi connectivity index (χ0n) is 19.7. The maximum absolute atomic E-state index is 11.6. The van der Waals surface area contributed by atoms with Crippen molar-refractivity contribution in [1.82, 2.24) is 15.0 Å². The van der Waals surface area contributed by atoms with E-state index in [1.54, 1.807) is 12.1 Å². The van der Waals surface area contributed by atoms with Crippen LogP contribution in [0.15, 0.2) is 55.0 Å². The molecule has 13 nitrogen and oxygen atoms in total. The number of nitrogens with zero attached hydrogens (tertiary/aromatic N) is 5. The van der Waals surface area contributed by atoms with Crippen LogP contribution in [-0.2, 0) is 0 Å². The van der Waals surface area contributed by atoms with Gasteiger partial charge in [0.2, 0.25) is 11.8 Å². The normalized spacial score (nSPS) is 9.29. The Morgan fingerprint density at radius 3 is 1.55 bits per heavy atom. The van der Waals surface area contributed by atoms with E-state index < -0.39 is 29.9 Å². The van der Waals surface area contributed by atoms with Crippen molar-refractivity contribution in [3.8, 4) is 11.8 Å². The van der Waals surface area contributed by atoms with Gasteiger partial charge in [-0.15, -0.1) is 0 Å². The summed E-state index contributed by atoms with van der Waals surface area (Å²) in [4.78, 5) is 30.1. The molecule has 0 aliphatic rings. The number of aliphatic hydroxyl groups excluding tert-OH is 1. The van der Waals surface area contributed by atoms with Gasteiger partial charge in [0, 0.05) is 24.3 Å². The Morgan fingerprint density at radius 2 is 1.24 bits per heavy atom. The summed E-state index contributed by atoms with van der Waals surface area (Å²) in [5.74, 6) is 0.583. The Hall–Kier alpha value is -4.31. The molecule has 3 N–H and O–H groups in total. The lowest BCUT2D eigenvalue weighted by atomic mass is 10.4. The molecule has 3 heterocycles. The summed E-state index contributed by atoms with van der Waals surface area (Å²) in [7, 11) is 0. The van der Waals surface area contributed by atoms with Gasteiger partial charge in [0.1, 0.15) is 50.8 Å². The van der Waals surface area contributed by atoms with E-state index in [1.807, 2.05) is 0 Å². The van der Waals surface area contributed by atoms with E-state index in [1.165, 1.54) is 30.5 Å². The molecular weight excluding hydrogens is 541 g/mol. The van der Waals surface area contributed by atoms with Crippen molar-refractivity contribution in [3.05, 3.63) is 80.4 Å². The number of nitrogens with two attached hydrogens (primary N) is 1. The molecule has 3 aromatic rings. The fourth-order valence-corrected chi connectivity index (χ4v) is 1.92. The molecule has 0 unspecified atom stereocenters. The number of hydrogen-bond acceptors (Lipinski definition) is 11. The minimum Gasteiger partial charge on any atom is -0.475 e. The van der Waals surface area contributed by atoms with Gasteiger partial charge in [0.05, 0.1) is 28.3 Å². The molecule has 17 heteroatoms. The third-order valence-electron chi connectivity index (χ3n) is 3.35. The molecule has 3 aromatic heterocycles. The molecule has 0 spiro atoms. The molecule has 0 saturated heterocycles. The molecule has 208 valence electrons. The fraction of sp³-hybridized carbons (Fsp3) is 0.286. The summed E-state index contributed by atoms with van der Waals surface area (Å²) in [6.45, 7) is -2.15. The van der Waals surface area contributed by atoms with Crippen molar-refractivity contribution < 1.29 is 37.6 Å². The van der Waals surface area contributed by atoms with Crippen molar-refractivity contribution >= 4 is 28.7 Å². The quantitative estimate of drug-likeness (QED) is 0.217. The predicted octanol–water partition coefficient (Wildman–Crippen LogP) is 3.94. The second kappa shape index (κ2) is 20.8. The molecule has 0 radical (unpaired) electrons. The van der Waals surface area contributed by atoms with Crippen LogP contribution in [-0.4, -0.2) is 69.7 Å². The van der Waals surface area contributed by atoms with Gasteiger partial charge in [-0.2, -0.15) is 0 Å². The third kappa shape index (κ3) is 16.4. The van der Waals surface area contributed by atoms with Gasteiger partial charge in [-0.25, -0.2) is 28.1 Å². The Morgan fingerprint density at radius 1 is 0.789 bits per heavy atom. The van der Waals surface area contributed by atoms with Crippen LogP contribution in [0.3, 0.4) is 0 Å². The number of halogens is 4. The number of aromatic nitrogens is 3. The highest BCUT2D eigenvalue weighted by Crippen LogP contribution is 2.13. The fourth-order valence-electron chi connectivity index (χ4n) is 1.81. The van der Waals surface area contributed by atoms with Crippen molar-refractivity contribution in [3.63, 3.8) is 0 Å². The van der Waals surface area contributed by atoms with Gasteiger partial charge in [-0.3, -0.25) is 20.2 Å². The van der Waals surface area contributed by atoms with E-state index in [-0.39, 0.29) is 42.2 Å². The predicted molar refractivity (Wildman–Crippen MR) is 131 cm³/mol. The zero-order valence-corrected chi connectivity index (χ0v) is 20.4. The maximum atomic E-state index is 11.6. The number of aliphatic hydroxyl groups is 1. The van der Waals surface area contributed by atoms with Gasteiger partial charge in [0.25, 0.3) is 11.4 Å². The van der Waals surface area contributed by atoms with E-state index >= 15 is 0 Å². The highest BCUT2D eigenvalue weighted by atomic mass is 35.5. The SMILES string of the molecule is Nc1ccc(OCCF)nc1.O=[N+]([O-])c1ccc(Cl)nc1.O=[N+]([O-])c1ccc(OCCF)nc1.OCCF. The Balaban J connectivity index is 0.000000508. The highest BCUT2D eigenvalue weighted by Gasteiger charge is 2.05. The van der Waals surface area contributed by atoms with Crippen molar-refractivity contribution in [2.45, 2.75) is 0 Å². The summed E-state index contributed by atoms with van der Waals surface area (Å²) in [5, 5.41) is 28.0. The van der Waals surface area contributed by atoms with E-state index in [4.69, 9.17) is 31.9 Å². The number of ether oxygens (including phenoxy) is 2. The van der Waals surface area contributed by atoms with E-state index in [2.05, 4.69) is 15.0 Å². The Labute approximate surface area is 219 Å². The molecule has 0 aromatic carbocycles. The molecule has 0 saturated carbocycles. The van der Waals surface area contributed by atoms with Gasteiger partial charge in [-0.05, 0) is 12.1 Å². The standard InChI is InChI=1S/C7H7FN2O3.C7H9FN2O.C5H3ClN2O2.C2H5FO/c8-3-4-13-7-2-1-6(5-9-7)10(11)12;8-3-4-11-7-2-1-6(9)5-10-7;6-5-2-1-4(3-7-5)8(9)10;3-1-2-4/h1-2,5H,3-4H2;1-2,5H,3-4,9H2;1-3H;4H,1-2H2. The number of alkyl halides is 3. The van der Waals surface area contributed by atoms with Crippen LogP contribution in [0.1, 0.15) is 0 Å². The number of pyridine rings is 3. The van der Waals surface area contributed by atoms with E-state index in [9.17, 15) is 33.4 Å². The number of hydrogen-bond donors (Lipinski definition) is 2. The average Bonchev–Trinajstić information content (AvgIpc) is 2.93. The minimum atomic E-state index is -0.625. The third-order valence-corrected chi connectivity index (χ3v) is 3.58. The molecule has 0 aliphatic heterocycles. The zero-order chi connectivity index (χ0) is 28.8. The van der Waals surface area contributed by atoms with Crippen LogP contribution in [0.4, 0.5) is 30.2 Å². The van der Waals surface area contributed by atoms with Crippen molar-refractivity contribution in [2.75, 3.05) is 45.6 Å². The van der Waals surface area contributed by atoms with Gasteiger partial charge in [0.15, 0.2) is 0 Å². The molecule has 0 amide bonds. The summed E-state index contributed by atoms with van der Waals surface area (Å²) in [5.41, 5.74) is 5.76. The lowest BCUT2D eigenvalue weighted by Gasteiger charge is -2.00. The smallest absolute Gasteiger partial charge is 0.287 e. The first kappa shape index (κ1) is 33.7.